The lowest BCUT2D eigenvalue weighted by molar-refractivity contribution is 0.0444. The average Bonchev–Trinajstić information content (AvgIpc) is 3.34. The first-order valence-electron chi connectivity index (χ1n) is 11.9. The highest BCUT2D eigenvalue weighted by Gasteiger charge is 2.28. The van der Waals surface area contributed by atoms with E-state index in [4.69, 9.17) is 9.47 Å². The topological polar surface area (TPSA) is 42.0 Å². The van der Waals surface area contributed by atoms with Gasteiger partial charge in [-0.15, -0.1) is 0 Å². The van der Waals surface area contributed by atoms with Crippen molar-refractivity contribution in [3.05, 3.63) is 65.2 Å². The van der Waals surface area contributed by atoms with Gasteiger partial charge in [0, 0.05) is 31.8 Å². The zero-order valence-corrected chi connectivity index (χ0v) is 19.5. The van der Waals surface area contributed by atoms with Crippen LogP contribution in [0.1, 0.15) is 47.2 Å². The molecule has 1 atom stereocenters. The van der Waals surface area contributed by atoms with Crippen molar-refractivity contribution in [2.45, 2.75) is 45.3 Å². The number of nitrogens with zero attached hydrogens (tertiary/aromatic N) is 2. The summed E-state index contributed by atoms with van der Waals surface area (Å²) in [4.78, 5) is 18.0. The second-order valence-corrected chi connectivity index (χ2v) is 9.22. The number of ether oxygens (including phenoxy) is 2. The molecule has 0 radical (unpaired) electrons. The van der Waals surface area contributed by atoms with Crippen LogP contribution < -0.4 is 4.74 Å². The van der Waals surface area contributed by atoms with Gasteiger partial charge in [-0.25, -0.2) is 0 Å². The molecule has 2 saturated heterocycles. The van der Waals surface area contributed by atoms with E-state index in [9.17, 15) is 4.79 Å². The van der Waals surface area contributed by atoms with Gasteiger partial charge in [-0.2, -0.15) is 0 Å². The molecule has 4 rings (SSSR count). The Morgan fingerprint density at radius 2 is 1.91 bits per heavy atom. The molecule has 0 N–H and O–H groups in total. The molecule has 32 heavy (non-hydrogen) atoms. The van der Waals surface area contributed by atoms with Gasteiger partial charge in [0.2, 0.25) is 0 Å². The van der Waals surface area contributed by atoms with E-state index in [-0.39, 0.29) is 12.0 Å². The fourth-order valence-electron chi connectivity index (χ4n) is 4.88. The van der Waals surface area contributed by atoms with Crippen molar-refractivity contribution in [1.82, 2.24) is 9.80 Å². The second-order valence-electron chi connectivity index (χ2n) is 9.22. The zero-order chi connectivity index (χ0) is 22.3. The van der Waals surface area contributed by atoms with E-state index in [2.05, 4.69) is 36.1 Å². The Balaban J connectivity index is 1.37. The summed E-state index contributed by atoms with van der Waals surface area (Å²) >= 11 is 0. The fraction of sp³-hybridized carbons (Fsp3) is 0.519. The Morgan fingerprint density at radius 1 is 1.09 bits per heavy atom. The van der Waals surface area contributed by atoms with Crippen molar-refractivity contribution < 1.29 is 14.3 Å². The third-order valence-electron chi connectivity index (χ3n) is 6.89. The number of carbonyl (C=O) groups excluding carboxylic acids is 1. The van der Waals surface area contributed by atoms with Crippen LogP contribution in [0, 0.1) is 12.8 Å². The van der Waals surface area contributed by atoms with Crippen molar-refractivity contribution in [2.24, 2.45) is 5.92 Å². The molecule has 0 spiro atoms. The number of piperidine rings is 1. The molecule has 172 valence electrons. The minimum atomic E-state index is 0.0849. The molecule has 2 fully saturated rings. The molecular weight excluding hydrogens is 400 g/mol. The van der Waals surface area contributed by atoms with Gasteiger partial charge >= 0.3 is 0 Å². The van der Waals surface area contributed by atoms with E-state index in [0.717, 1.165) is 64.2 Å². The van der Waals surface area contributed by atoms with E-state index in [1.165, 1.54) is 11.1 Å². The lowest BCUT2D eigenvalue weighted by atomic mass is 9.95. The van der Waals surface area contributed by atoms with Crippen molar-refractivity contribution >= 4 is 5.91 Å². The summed E-state index contributed by atoms with van der Waals surface area (Å²) < 4.78 is 11.2. The number of aryl methyl sites for hydroxylation is 1. The van der Waals surface area contributed by atoms with Crippen molar-refractivity contribution in [1.29, 1.82) is 0 Å². The van der Waals surface area contributed by atoms with Crippen LogP contribution >= 0.6 is 0 Å². The predicted molar refractivity (Wildman–Crippen MR) is 127 cm³/mol. The smallest absolute Gasteiger partial charge is 0.254 e. The van der Waals surface area contributed by atoms with Crippen LogP contribution in [0.25, 0.3) is 0 Å². The maximum atomic E-state index is 13.4. The molecule has 5 nitrogen and oxygen atoms in total. The van der Waals surface area contributed by atoms with Gasteiger partial charge in [0.1, 0.15) is 5.75 Å². The number of rotatable bonds is 8. The summed E-state index contributed by atoms with van der Waals surface area (Å²) in [6.07, 6.45) is 4.53. The first kappa shape index (κ1) is 22.8. The number of benzene rings is 2. The van der Waals surface area contributed by atoms with Crippen molar-refractivity contribution in [3.8, 4) is 5.75 Å². The van der Waals surface area contributed by atoms with Gasteiger partial charge < -0.3 is 14.4 Å². The molecule has 0 saturated carbocycles. The van der Waals surface area contributed by atoms with E-state index < -0.39 is 0 Å². The van der Waals surface area contributed by atoms with E-state index in [1.807, 2.05) is 29.2 Å². The largest absolute Gasteiger partial charge is 0.497 e. The van der Waals surface area contributed by atoms with Gasteiger partial charge in [0.25, 0.3) is 5.91 Å². The summed E-state index contributed by atoms with van der Waals surface area (Å²) in [5, 5.41) is 0. The van der Waals surface area contributed by atoms with Crippen LogP contribution in [-0.4, -0.2) is 61.7 Å². The summed E-state index contributed by atoms with van der Waals surface area (Å²) in [7, 11) is 1.64. The second kappa shape index (κ2) is 11.0. The highest BCUT2D eigenvalue weighted by atomic mass is 16.5. The molecule has 2 aromatic carbocycles. The first-order valence-corrected chi connectivity index (χ1v) is 11.9. The third-order valence-corrected chi connectivity index (χ3v) is 6.89. The number of hydrogen-bond donors (Lipinski definition) is 0. The molecule has 2 aliphatic rings. The van der Waals surface area contributed by atoms with Crippen molar-refractivity contribution in [2.75, 3.05) is 39.9 Å². The fourth-order valence-corrected chi connectivity index (χ4v) is 4.88. The van der Waals surface area contributed by atoms with Crippen LogP contribution in [0.4, 0.5) is 0 Å². The Morgan fingerprint density at radius 3 is 2.62 bits per heavy atom. The minimum absolute atomic E-state index is 0.0849. The number of amides is 1. The zero-order valence-electron chi connectivity index (χ0n) is 19.5. The Bertz CT molecular complexity index is 886. The summed E-state index contributed by atoms with van der Waals surface area (Å²) in [6, 6.07) is 16.2. The monoisotopic (exact) mass is 436 g/mol. The van der Waals surface area contributed by atoms with Gasteiger partial charge in [-0.1, -0.05) is 30.3 Å². The minimum Gasteiger partial charge on any atom is -0.497 e. The molecule has 1 amide bonds. The highest BCUT2D eigenvalue weighted by Crippen LogP contribution is 2.24. The molecule has 2 aromatic rings. The summed E-state index contributed by atoms with van der Waals surface area (Å²) in [5.41, 5.74) is 3.47. The summed E-state index contributed by atoms with van der Waals surface area (Å²) in [6.45, 7) is 7.66. The molecule has 0 aromatic heterocycles. The lowest BCUT2D eigenvalue weighted by Gasteiger charge is -2.36. The van der Waals surface area contributed by atoms with Gasteiger partial charge in [-0.05, 0) is 80.9 Å². The SMILES string of the molecule is COc1cccc(C(=O)N(CC2CCN(Cc3ccccc3C)CC2)CC2CCCO2)c1. The van der Waals surface area contributed by atoms with Gasteiger partial charge in [-0.3, -0.25) is 9.69 Å². The molecule has 2 heterocycles. The maximum Gasteiger partial charge on any atom is 0.254 e. The average molecular weight is 437 g/mol. The Labute approximate surface area is 192 Å². The standard InChI is InChI=1S/C27H36N2O3/c1-21-7-3-4-8-24(21)19-28-14-12-22(13-15-28)18-29(20-26-11-6-16-32-26)27(30)23-9-5-10-25(17-23)31-2/h3-5,7-10,17,22,26H,6,11-16,18-20H2,1-2H3. The molecule has 0 bridgehead atoms. The molecular formula is C27H36N2O3. The number of hydrogen-bond acceptors (Lipinski definition) is 4. The van der Waals surface area contributed by atoms with Crippen molar-refractivity contribution in [3.63, 3.8) is 0 Å². The molecule has 0 aliphatic carbocycles. The number of likely N-dealkylation sites (tertiary alicyclic amines) is 1. The highest BCUT2D eigenvalue weighted by molar-refractivity contribution is 5.94. The van der Waals surface area contributed by atoms with Gasteiger partial charge in [0.15, 0.2) is 0 Å². The molecule has 1 unspecified atom stereocenters. The third kappa shape index (κ3) is 5.90. The Kier molecular flexibility index (Phi) is 7.82. The number of methoxy groups -OCH3 is 1. The van der Waals surface area contributed by atoms with E-state index >= 15 is 0 Å². The van der Waals surface area contributed by atoms with Crippen LogP contribution in [-0.2, 0) is 11.3 Å². The van der Waals surface area contributed by atoms with Crippen LogP contribution in [0.3, 0.4) is 0 Å². The quantitative estimate of drug-likeness (QED) is 0.609. The van der Waals surface area contributed by atoms with E-state index in [1.54, 1.807) is 7.11 Å². The van der Waals surface area contributed by atoms with Gasteiger partial charge in [0.05, 0.1) is 13.2 Å². The Hall–Kier alpha value is -2.37. The molecule has 2 aliphatic heterocycles. The van der Waals surface area contributed by atoms with Crippen LogP contribution in [0.5, 0.6) is 5.75 Å². The van der Waals surface area contributed by atoms with Crippen LogP contribution in [0.2, 0.25) is 0 Å². The number of carbonyl (C=O) groups is 1. The molecule has 5 heteroatoms. The van der Waals surface area contributed by atoms with E-state index in [0.29, 0.717) is 18.0 Å². The first-order chi connectivity index (χ1) is 15.6. The normalized spacial score (nSPS) is 19.8. The van der Waals surface area contributed by atoms with Crippen LogP contribution in [0.15, 0.2) is 48.5 Å². The summed E-state index contributed by atoms with van der Waals surface area (Å²) in [5.74, 6) is 1.33. The predicted octanol–water partition coefficient (Wildman–Crippen LogP) is 4.54. The lowest BCUT2D eigenvalue weighted by Crippen LogP contribution is -2.43. The maximum absolute atomic E-state index is 13.4.